The van der Waals surface area contributed by atoms with E-state index in [1.807, 2.05) is 18.2 Å². The van der Waals surface area contributed by atoms with Gasteiger partial charge >= 0.3 is 0 Å². The Balaban J connectivity index is 1.56. The second-order valence-electron chi connectivity index (χ2n) is 5.09. The Hall–Kier alpha value is -2.12. The lowest BCUT2D eigenvalue weighted by Gasteiger charge is -2.02. The molecule has 2 heterocycles. The third-order valence-corrected chi connectivity index (χ3v) is 4.28. The fraction of sp³-hybridized carbons (Fsp3) is 0.286. The third kappa shape index (κ3) is 2.84. The Labute approximate surface area is 125 Å². The van der Waals surface area contributed by atoms with Gasteiger partial charge in [-0.25, -0.2) is 9.67 Å². The first-order valence-electron chi connectivity index (χ1n) is 6.90. The summed E-state index contributed by atoms with van der Waals surface area (Å²) in [6, 6.07) is 8.78. The van der Waals surface area contributed by atoms with Crippen LogP contribution in [0.25, 0.3) is 16.9 Å². The third-order valence-electron chi connectivity index (χ3n) is 3.43. The molecule has 1 aromatic carbocycles. The highest BCUT2D eigenvalue weighted by molar-refractivity contribution is 7.09. The average Bonchev–Trinajstić information content (AvgIpc) is 3.03. The van der Waals surface area contributed by atoms with Crippen LogP contribution in [0, 0.1) is 0 Å². The van der Waals surface area contributed by atoms with Gasteiger partial charge < -0.3 is 5.32 Å². The van der Waals surface area contributed by atoms with Gasteiger partial charge in [-0.2, -0.15) is 0 Å². The Morgan fingerprint density at radius 1 is 1.33 bits per heavy atom. The first-order valence-corrected chi connectivity index (χ1v) is 7.78. The summed E-state index contributed by atoms with van der Waals surface area (Å²) in [7, 11) is 0. The van der Waals surface area contributed by atoms with Crippen molar-refractivity contribution in [1.29, 1.82) is 0 Å². The van der Waals surface area contributed by atoms with Crippen LogP contribution < -0.4 is 5.32 Å². The zero-order valence-electron chi connectivity index (χ0n) is 11.3. The van der Waals surface area contributed by atoms with Gasteiger partial charge in [-0.1, -0.05) is 12.1 Å². The van der Waals surface area contributed by atoms with Crippen molar-refractivity contribution in [3.05, 3.63) is 41.0 Å². The van der Waals surface area contributed by atoms with Crippen molar-refractivity contribution in [2.75, 3.05) is 0 Å². The predicted octanol–water partition coefficient (Wildman–Crippen LogP) is 2.04. The van der Waals surface area contributed by atoms with Crippen molar-refractivity contribution in [1.82, 2.24) is 30.5 Å². The zero-order chi connectivity index (χ0) is 14.1. The molecule has 1 fully saturated rings. The lowest BCUT2D eigenvalue weighted by molar-refractivity contribution is 0.685. The SMILES string of the molecule is c1cc(-c2csc(CNC3CC3)n2)cc(-n2cnnn2)c1. The van der Waals surface area contributed by atoms with E-state index in [1.54, 1.807) is 22.3 Å². The molecule has 21 heavy (non-hydrogen) atoms. The molecule has 0 atom stereocenters. The molecular weight excluding hydrogens is 284 g/mol. The van der Waals surface area contributed by atoms with Crippen molar-refractivity contribution in [3.8, 4) is 16.9 Å². The van der Waals surface area contributed by atoms with Gasteiger partial charge in [0.05, 0.1) is 11.4 Å². The summed E-state index contributed by atoms with van der Waals surface area (Å²) < 4.78 is 1.64. The first-order chi connectivity index (χ1) is 10.4. The maximum absolute atomic E-state index is 4.70. The van der Waals surface area contributed by atoms with Crippen LogP contribution in [0.2, 0.25) is 0 Å². The lowest BCUT2D eigenvalue weighted by atomic mass is 10.1. The quantitative estimate of drug-likeness (QED) is 0.780. The van der Waals surface area contributed by atoms with Crippen molar-refractivity contribution in [2.45, 2.75) is 25.4 Å². The van der Waals surface area contributed by atoms with E-state index in [9.17, 15) is 0 Å². The molecule has 7 heteroatoms. The number of tetrazole rings is 1. The molecule has 1 aliphatic carbocycles. The van der Waals surface area contributed by atoms with Crippen LogP contribution in [0.15, 0.2) is 36.0 Å². The summed E-state index contributed by atoms with van der Waals surface area (Å²) in [4.78, 5) is 4.70. The van der Waals surface area contributed by atoms with E-state index in [0.717, 1.165) is 28.5 Å². The topological polar surface area (TPSA) is 68.5 Å². The fourth-order valence-corrected chi connectivity index (χ4v) is 2.89. The highest BCUT2D eigenvalue weighted by atomic mass is 32.1. The van der Waals surface area contributed by atoms with Gasteiger partial charge in [0.2, 0.25) is 0 Å². The molecule has 1 aliphatic rings. The second kappa shape index (κ2) is 5.34. The molecule has 0 saturated heterocycles. The van der Waals surface area contributed by atoms with Crippen molar-refractivity contribution in [3.63, 3.8) is 0 Å². The highest BCUT2D eigenvalue weighted by Crippen LogP contribution is 2.25. The van der Waals surface area contributed by atoms with E-state index in [0.29, 0.717) is 6.04 Å². The molecule has 0 amide bonds. The number of thiazole rings is 1. The maximum atomic E-state index is 4.70. The molecule has 1 N–H and O–H groups in total. The van der Waals surface area contributed by atoms with Crippen LogP contribution in [0.4, 0.5) is 0 Å². The van der Waals surface area contributed by atoms with Crippen LogP contribution in [0.1, 0.15) is 17.8 Å². The van der Waals surface area contributed by atoms with Crippen LogP contribution in [-0.2, 0) is 6.54 Å². The van der Waals surface area contributed by atoms with E-state index in [4.69, 9.17) is 4.98 Å². The highest BCUT2D eigenvalue weighted by Gasteiger charge is 2.20. The number of hydrogen-bond donors (Lipinski definition) is 1. The van der Waals surface area contributed by atoms with Crippen molar-refractivity contribution < 1.29 is 0 Å². The van der Waals surface area contributed by atoms with E-state index in [-0.39, 0.29) is 0 Å². The normalized spacial score (nSPS) is 14.5. The molecule has 0 bridgehead atoms. The number of hydrogen-bond acceptors (Lipinski definition) is 6. The Kier molecular flexibility index (Phi) is 3.21. The molecule has 2 aromatic heterocycles. The largest absolute Gasteiger partial charge is 0.308 e. The number of nitrogens with zero attached hydrogens (tertiary/aromatic N) is 5. The molecule has 0 radical (unpaired) electrons. The smallest absolute Gasteiger partial charge is 0.143 e. The monoisotopic (exact) mass is 298 g/mol. The van der Waals surface area contributed by atoms with Crippen molar-refractivity contribution >= 4 is 11.3 Å². The van der Waals surface area contributed by atoms with E-state index in [1.165, 1.54) is 12.8 Å². The summed E-state index contributed by atoms with van der Waals surface area (Å²) in [6.07, 6.45) is 4.18. The summed E-state index contributed by atoms with van der Waals surface area (Å²) in [5.74, 6) is 0. The van der Waals surface area contributed by atoms with Crippen LogP contribution >= 0.6 is 11.3 Å². The number of nitrogens with one attached hydrogen (secondary N) is 1. The van der Waals surface area contributed by atoms with Gasteiger partial charge in [0.1, 0.15) is 11.3 Å². The molecule has 6 nitrogen and oxygen atoms in total. The number of benzene rings is 1. The van der Waals surface area contributed by atoms with Gasteiger partial charge in [0.15, 0.2) is 0 Å². The first kappa shape index (κ1) is 12.6. The summed E-state index contributed by atoms with van der Waals surface area (Å²) >= 11 is 1.70. The van der Waals surface area contributed by atoms with Crippen LogP contribution in [0.3, 0.4) is 0 Å². The van der Waals surface area contributed by atoms with Gasteiger partial charge in [-0.3, -0.25) is 0 Å². The molecule has 0 spiro atoms. The summed E-state index contributed by atoms with van der Waals surface area (Å²) in [5, 5.41) is 18.0. The minimum absolute atomic E-state index is 0.709. The maximum Gasteiger partial charge on any atom is 0.143 e. The van der Waals surface area contributed by atoms with E-state index >= 15 is 0 Å². The Morgan fingerprint density at radius 2 is 2.29 bits per heavy atom. The Bertz CT molecular complexity index is 732. The molecule has 4 rings (SSSR count). The Morgan fingerprint density at radius 3 is 3.10 bits per heavy atom. The second-order valence-corrected chi connectivity index (χ2v) is 6.03. The van der Waals surface area contributed by atoms with Crippen LogP contribution in [0.5, 0.6) is 0 Å². The molecule has 1 saturated carbocycles. The van der Waals surface area contributed by atoms with Crippen molar-refractivity contribution in [2.24, 2.45) is 0 Å². The standard InChI is InChI=1S/C14H14N6S/c1-2-10(6-12(3-1)20-9-16-18-19-20)13-8-21-14(17-13)7-15-11-4-5-11/h1-3,6,8-9,11,15H,4-5,7H2. The summed E-state index contributed by atoms with van der Waals surface area (Å²) in [5.41, 5.74) is 3.02. The zero-order valence-corrected chi connectivity index (χ0v) is 12.1. The van der Waals surface area contributed by atoms with Gasteiger partial charge in [0.25, 0.3) is 0 Å². The summed E-state index contributed by atoms with van der Waals surface area (Å²) in [6.45, 7) is 0.863. The lowest BCUT2D eigenvalue weighted by Crippen LogP contribution is -2.14. The minimum Gasteiger partial charge on any atom is -0.308 e. The molecular formula is C14H14N6S. The number of aromatic nitrogens is 5. The van der Waals surface area contributed by atoms with Gasteiger partial charge in [0, 0.05) is 23.5 Å². The molecule has 3 aromatic rings. The molecule has 0 aliphatic heterocycles. The predicted molar refractivity (Wildman–Crippen MR) is 80.1 cm³/mol. The van der Waals surface area contributed by atoms with E-state index < -0.39 is 0 Å². The fourth-order valence-electron chi connectivity index (χ4n) is 2.13. The average molecular weight is 298 g/mol. The van der Waals surface area contributed by atoms with Crippen LogP contribution in [-0.4, -0.2) is 31.2 Å². The molecule has 0 unspecified atom stereocenters. The van der Waals surface area contributed by atoms with Gasteiger partial charge in [-0.05, 0) is 35.4 Å². The minimum atomic E-state index is 0.709. The number of rotatable bonds is 5. The molecule has 106 valence electrons. The van der Waals surface area contributed by atoms with E-state index in [2.05, 4.69) is 32.3 Å². The van der Waals surface area contributed by atoms with Gasteiger partial charge in [-0.15, -0.1) is 16.4 Å².